The highest BCUT2D eigenvalue weighted by atomic mass is 16.2. The van der Waals surface area contributed by atoms with Crippen molar-refractivity contribution < 1.29 is 4.79 Å². The minimum Gasteiger partial charge on any atom is -0.343 e. The summed E-state index contributed by atoms with van der Waals surface area (Å²) in [5, 5.41) is 3.71. The average Bonchev–Trinajstić information content (AvgIpc) is 2.16. The molecule has 86 valence electrons. The van der Waals surface area contributed by atoms with Gasteiger partial charge in [0.1, 0.15) is 0 Å². The molecule has 2 aliphatic rings. The predicted molar refractivity (Wildman–Crippen MR) is 60.6 cm³/mol. The van der Waals surface area contributed by atoms with Gasteiger partial charge in [-0.05, 0) is 31.6 Å². The molecule has 0 aromatic rings. The van der Waals surface area contributed by atoms with Gasteiger partial charge in [-0.15, -0.1) is 0 Å². The summed E-state index contributed by atoms with van der Waals surface area (Å²) in [6.07, 6.45) is 4.94. The maximum atomic E-state index is 11.1. The van der Waals surface area contributed by atoms with E-state index in [0.717, 1.165) is 37.9 Å². The van der Waals surface area contributed by atoms with Crippen molar-refractivity contribution in [3.8, 4) is 0 Å². The predicted octanol–water partition coefficient (Wildman–Crippen LogP) is 1.39. The molecule has 3 heteroatoms. The summed E-state index contributed by atoms with van der Waals surface area (Å²) >= 11 is 0. The van der Waals surface area contributed by atoms with Gasteiger partial charge in [-0.1, -0.05) is 6.92 Å². The van der Waals surface area contributed by atoms with Gasteiger partial charge in [0, 0.05) is 32.1 Å². The van der Waals surface area contributed by atoms with Crippen LogP contribution < -0.4 is 5.32 Å². The lowest BCUT2D eigenvalue weighted by Crippen LogP contribution is -2.50. The van der Waals surface area contributed by atoms with Crippen molar-refractivity contribution in [3.05, 3.63) is 0 Å². The molecule has 1 N–H and O–H groups in total. The second-order valence-electron chi connectivity index (χ2n) is 5.22. The summed E-state index contributed by atoms with van der Waals surface area (Å²) in [6, 6.07) is 1.41. The molecule has 1 aliphatic carbocycles. The first-order valence-electron chi connectivity index (χ1n) is 6.16. The van der Waals surface area contributed by atoms with Crippen LogP contribution in [-0.2, 0) is 4.79 Å². The highest BCUT2D eigenvalue weighted by Gasteiger charge is 2.29. The molecule has 1 amide bonds. The second-order valence-corrected chi connectivity index (χ2v) is 5.22. The van der Waals surface area contributed by atoms with Crippen LogP contribution >= 0.6 is 0 Å². The molecule has 0 aromatic carbocycles. The van der Waals surface area contributed by atoms with E-state index in [1.807, 2.05) is 4.90 Å². The Balaban J connectivity index is 1.67. The molecule has 2 fully saturated rings. The Morgan fingerprint density at radius 1 is 1.20 bits per heavy atom. The molecule has 2 rings (SSSR count). The molecule has 1 saturated carbocycles. The van der Waals surface area contributed by atoms with Crippen LogP contribution in [0, 0.1) is 5.92 Å². The third-order valence-electron chi connectivity index (χ3n) is 3.79. The van der Waals surface area contributed by atoms with Crippen LogP contribution in [0.3, 0.4) is 0 Å². The quantitative estimate of drug-likeness (QED) is 0.747. The van der Waals surface area contributed by atoms with Crippen molar-refractivity contribution in [2.75, 3.05) is 13.1 Å². The summed E-state index contributed by atoms with van der Waals surface area (Å²) in [5.74, 6) is 1.14. The zero-order valence-corrected chi connectivity index (χ0v) is 9.83. The monoisotopic (exact) mass is 210 g/mol. The fourth-order valence-corrected chi connectivity index (χ4v) is 2.73. The summed E-state index contributed by atoms with van der Waals surface area (Å²) in [5.41, 5.74) is 0. The standard InChI is InChI=1S/C12H22N2O/c1-9-7-12(8-9)13-11-3-5-14(6-4-11)10(2)15/h9,11-13H,3-8H2,1-2H3. The van der Waals surface area contributed by atoms with Crippen molar-refractivity contribution in [1.29, 1.82) is 0 Å². The Kier molecular flexibility index (Phi) is 3.29. The van der Waals surface area contributed by atoms with Crippen LogP contribution in [0.5, 0.6) is 0 Å². The first kappa shape index (κ1) is 10.9. The zero-order chi connectivity index (χ0) is 10.8. The van der Waals surface area contributed by atoms with Gasteiger partial charge >= 0.3 is 0 Å². The Morgan fingerprint density at radius 2 is 1.80 bits per heavy atom. The van der Waals surface area contributed by atoms with E-state index >= 15 is 0 Å². The molecule has 0 atom stereocenters. The van der Waals surface area contributed by atoms with E-state index in [9.17, 15) is 4.79 Å². The molecule has 0 bridgehead atoms. The van der Waals surface area contributed by atoms with Crippen LogP contribution in [0.2, 0.25) is 0 Å². The minimum absolute atomic E-state index is 0.228. The molecule has 0 spiro atoms. The van der Waals surface area contributed by atoms with Gasteiger partial charge in [-0.25, -0.2) is 0 Å². The first-order valence-corrected chi connectivity index (χ1v) is 6.16. The Bertz CT molecular complexity index is 228. The van der Waals surface area contributed by atoms with E-state index in [0.29, 0.717) is 6.04 Å². The van der Waals surface area contributed by atoms with Crippen LogP contribution in [0.15, 0.2) is 0 Å². The summed E-state index contributed by atoms with van der Waals surface area (Å²) in [4.78, 5) is 13.1. The van der Waals surface area contributed by atoms with E-state index in [4.69, 9.17) is 0 Å². The van der Waals surface area contributed by atoms with E-state index in [1.165, 1.54) is 12.8 Å². The maximum Gasteiger partial charge on any atom is 0.219 e. The van der Waals surface area contributed by atoms with Gasteiger partial charge in [-0.2, -0.15) is 0 Å². The second kappa shape index (κ2) is 4.52. The number of piperidine rings is 1. The topological polar surface area (TPSA) is 32.3 Å². The number of carbonyl (C=O) groups excluding carboxylic acids is 1. The highest BCUT2D eigenvalue weighted by molar-refractivity contribution is 5.73. The van der Waals surface area contributed by atoms with Gasteiger partial charge in [0.05, 0.1) is 0 Å². The number of nitrogens with zero attached hydrogens (tertiary/aromatic N) is 1. The van der Waals surface area contributed by atoms with Crippen LogP contribution in [0.25, 0.3) is 0 Å². The molecule has 0 unspecified atom stereocenters. The highest BCUT2D eigenvalue weighted by Crippen LogP contribution is 2.27. The first-order chi connectivity index (χ1) is 7.15. The number of rotatable bonds is 2. The fraction of sp³-hybridized carbons (Fsp3) is 0.917. The van der Waals surface area contributed by atoms with Crippen LogP contribution in [-0.4, -0.2) is 36.0 Å². The zero-order valence-electron chi connectivity index (χ0n) is 9.83. The average molecular weight is 210 g/mol. The fourth-order valence-electron chi connectivity index (χ4n) is 2.73. The number of carbonyl (C=O) groups is 1. The molecular formula is C12H22N2O. The van der Waals surface area contributed by atoms with E-state index < -0.39 is 0 Å². The number of hydrogen-bond acceptors (Lipinski definition) is 2. The van der Waals surface area contributed by atoms with Crippen molar-refractivity contribution in [2.24, 2.45) is 5.92 Å². The number of likely N-dealkylation sites (tertiary alicyclic amines) is 1. The summed E-state index contributed by atoms with van der Waals surface area (Å²) in [6.45, 7) is 5.86. The van der Waals surface area contributed by atoms with Crippen LogP contribution in [0.1, 0.15) is 39.5 Å². The van der Waals surface area contributed by atoms with E-state index in [-0.39, 0.29) is 5.91 Å². The molecule has 0 radical (unpaired) electrons. The molecule has 0 aromatic heterocycles. The van der Waals surface area contributed by atoms with Crippen LogP contribution in [0.4, 0.5) is 0 Å². The Labute approximate surface area is 92.2 Å². The Morgan fingerprint density at radius 3 is 2.27 bits per heavy atom. The third-order valence-corrected chi connectivity index (χ3v) is 3.79. The lowest BCUT2D eigenvalue weighted by Gasteiger charge is -2.39. The maximum absolute atomic E-state index is 11.1. The Hall–Kier alpha value is -0.570. The summed E-state index contributed by atoms with van der Waals surface area (Å²) < 4.78 is 0. The molecular weight excluding hydrogens is 188 g/mol. The van der Waals surface area contributed by atoms with Crippen molar-refractivity contribution in [3.63, 3.8) is 0 Å². The smallest absolute Gasteiger partial charge is 0.219 e. The lowest BCUT2D eigenvalue weighted by atomic mass is 9.81. The molecule has 1 saturated heterocycles. The van der Waals surface area contributed by atoms with Gasteiger partial charge in [-0.3, -0.25) is 4.79 Å². The lowest BCUT2D eigenvalue weighted by molar-refractivity contribution is -0.129. The molecule has 1 heterocycles. The molecule has 1 aliphatic heterocycles. The van der Waals surface area contributed by atoms with Crippen molar-refractivity contribution in [2.45, 2.75) is 51.6 Å². The number of hydrogen-bond donors (Lipinski definition) is 1. The van der Waals surface area contributed by atoms with Crippen molar-refractivity contribution >= 4 is 5.91 Å². The minimum atomic E-state index is 0.228. The molecule has 3 nitrogen and oxygen atoms in total. The number of nitrogens with one attached hydrogen (secondary N) is 1. The van der Waals surface area contributed by atoms with Gasteiger partial charge < -0.3 is 10.2 Å². The van der Waals surface area contributed by atoms with E-state index in [1.54, 1.807) is 6.92 Å². The van der Waals surface area contributed by atoms with Gasteiger partial charge in [0.2, 0.25) is 5.91 Å². The van der Waals surface area contributed by atoms with Gasteiger partial charge in [0.25, 0.3) is 0 Å². The van der Waals surface area contributed by atoms with Crippen molar-refractivity contribution in [1.82, 2.24) is 10.2 Å². The van der Waals surface area contributed by atoms with Gasteiger partial charge in [0.15, 0.2) is 0 Å². The largest absolute Gasteiger partial charge is 0.343 e. The SMILES string of the molecule is CC(=O)N1CCC(NC2CC(C)C2)CC1. The summed E-state index contributed by atoms with van der Waals surface area (Å²) in [7, 11) is 0. The third kappa shape index (κ3) is 2.71. The normalized spacial score (nSPS) is 32.5. The number of amides is 1. The molecule has 15 heavy (non-hydrogen) atoms. The van der Waals surface area contributed by atoms with E-state index in [2.05, 4.69) is 12.2 Å².